The summed E-state index contributed by atoms with van der Waals surface area (Å²) < 4.78 is 26.2. The van der Waals surface area contributed by atoms with E-state index in [1.54, 1.807) is 18.2 Å². The van der Waals surface area contributed by atoms with Crippen molar-refractivity contribution < 1.29 is 33.3 Å². The zero-order valence-corrected chi connectivity index (χ0v) is 15.7. The highest BCUT2D eigenvalue weighted by atomic mass is 16.7. The summed E-state index contributed by atoms with van der Waals surface area (Å²) in [6.45, 7) is -0.0679. The summed E-state index contributed by atoms with van der Waals surface area (Å²) in [6, 6.07) is 8.05. The number of amides is 2. The van der Waals surface area contributed by atoms with E-state index in [4.69, 9.17) is 23.7 Å². The van der Waals surface area contributed by atoms with E-state index in [0.717, 1.165) is 0 Å². The van der Waals surface area contributed by atoms with Gasteiger partial charge in [0.15, 0.2) is 23.0 Å². The lowest BCUT2D eigenvalue weighted by atomic mass is 10.1. The van der Waals surface area contributed by atoms with Crippen molar-refractivity contribution in [1.82, 2.24) is 5.32 Å². The first kappa shape index (κ1) is 19.2. The lowest BCUT2D eigenvalue weighted by molar-refractivity contribution is -0.115. The first-order valence-corrected chi connectivity index (χ1v) is 8.33. The van der Waals surface area contributed by atoms with Gasteiger partial charge in [-0.2, -0.15) is 0 Å². The smallest absolute Gasteiger partial charge is 0.251 e. The Bertz CT molecular complexity index is 873. The van der Waals surface area contributed by atoms with Gasteiger partial charge in [0.2, 0.25) is 18.4 Å². The average molecular weight is 388 g/mol. The van der Waals surface area contributed by atoms with Crippen LogP contribution in [0.15, 0.2) is 30.3 Å². The van der Waals surface area contributed by atoms with Crippen LogP contribution in [-0.4, -0.2) is 46.5 Å². The Hall–Kier alpha value is -3.62. The minimum Gasteiger partial charge on any atom is -0.493 e. The fraction of sp³-hybridized carbons (Fsp3) is 0.263. The van der Waals surface area contributed by atoms with E-state index in [1.807, 2.05) is 0 Å². The number of hydrogen-bond donors (Lipinski definition) is 2. The van der Waals surface area contributed by atoms with Gasteiger partial charge in [-0.3, -0.25) is 9.59 Å². The number of methoxy groups -OCH3 is 3. The highest BCUT2D eigenvalue weighted by Gasteiger charge is 2.18. The molecule has 2 N–H and O–H groups in total. The number of carbonyl (C=O) groups excluding carboxylic acids is 2. The number of anilines is 1. The minimum absolute atomic E-state index is 0.150. The Labute approximate surface area is 161 Å². The molecule has 0 saturated carbocycles. The molecule has 3 rings (SSSR count). The molecule has 0 bridgehead atoms. The van der Waals surface area contributed by atoms with Crippen LogP contribution in [-0.2, 0) is 4.79 Å². The van der Waals surface area contributed by atoms with Crippen molar-refractivity contribution in [3.05, 3.63) is 35.9 Å². The van der Waals surface area contributed by atoms with Gasteiger partial charge in [-0.25, -0.2) is 0 Å². The van der Waals surface area contributed by atoms with Crippen molar-refractivity contribution in [1.29, 1.82) is 0 Å². The zero-order valence-electron chi connectivity index (χ0n) is 15.7. The monoisotopic (exact) mass is 388 g/mol. The van der Waals surface area contributed by atoms with Crippen molar-refractivity contribution in [3.63, 3.8) is 0 Å². The Morgan fingerprint density at radius 2 is 1.64 bits per heavy atom. The Balaban J connectivity index is 1.62. The Kier molecular flexibility index (Phi) is 5.73. The number of hydrogen-bond acceptors (Lipinski definition) is 7. The molecule has 0 spiro atoms. The SMILES string of the molecule is COc1cc(C(=O)NCC(=O)Nc2ccc3c(c2)OCO3)cc(OC)c1OC. The number of carbonyl (C=O) groups is 2. The third kappa shape index (κ3) is 4.03. The van der Waals surface area contributed by atoms with Crippen molar-refractivity contribution in [3.8, 4) is 28.7 Å². The second kappa shape index (κ2) is 8.38. The molecule has 0 fully saturated rings. The van der Waals surface area contributed by atoms with Gasteiger partial charge in [0.25, 0.3) is 5.91 Å². The summed E-state index contributed by atoms with van der Waals surface area (Å²) in [7, 11) is 4.39. The van der Waals surface area contributed by atoms with Crippen LogP contribution in [0, 0.1) is 0 Å². The van der Waals surface area contributed by atoms with Gasteiger partial charge in [0.05, 0.1) is 27.9 Å². The number of nitrogens with one attached hydrogen (secondary N) is 2. The molecule has 2 aromatic carbocycles. The lowest BCUT2D eigenvalue weighted by Gasteiger charge is -2.14. The van der Waals surface area contributed by atoms with Crippen LogP contribution in [0.1, 0.15) is 10.4 Å². The van der Waals surface area contributed by atoms with Crippen molar-refractivity contribution in [2.75, 3.05) is 40.0 Å². The molecule has 148 valence electrons. The third-order valence-corrected chi connectivity index (χ3v) is 3.99. The van der Waals surface area contributed by atoms with Crippen molar-refractivity contribution in [2.45, 2.75) is 0 Å². The number of fused-ring (bicyclic) bond motifs is 1. The van der Waals surface area contributed by atoms with Crippen LogP contribution in [0.4, 0.5) is 5.69 Å². The molecule has 1 aliphatic heterocycles. The predicted molar refractivity (Wildman–Crippen MR) is 99.6 cm³/mol. The van der Waals surface area contributed by atoms with E-state index in [1.165, 1.54) is 33.5 Å². The van der Waals surface area contributed by atoms with Crippen LogP contribution in [0.3, 0.4) is 0 Å². The maximum atomic E-state index is 12.4. The van der Waals surface area contributed by atoms with Gasteiger partial charge in [-0.1, -0.05) is 0 Å². The number of benzene rings is 2. The molecule has 1 aliphatic rings. The molecule has 2 amide bonds. The van der Waals surface area contributed by atoms with E-state index in [9.17, 15) is 9.59 Å². The van der Waals surface area contributed by atoms with Crippen LogP contribution in [0.25, 0.3) is 0 Å². The normalized spacial score (nSPS) is 11.5. The summed E-state index contributed by atoms with van der Waals surface area (Å²) in [5.41, 5.74) is 0.807. The van der Waals surface area contributed by atoms with Crippen LogP contribution >= 0.6 is 0 Å². The van der Waals surface area contributed by atoms with Crippen molar-refractivity contribution in [2.24, 2.45) is 0 Å². The van der Waals surface area contributed by atoms with Crippen LogP contribution in [0.2, 0.25) is 0 Å². The Morgan fingerprint density at radius 1 is 0.964 bits per heavy atom. The van der Waals surface area contributed by atoms with E-state index < -0.39 is 5.91 Å². The van der Waals surface area contributed by atoms with Gasteiger partial charge >= 0.3 is 0 Å². The molecule has 0 radical (unpaired) electrons. The highest BCUT2D eigenvalue weighted by Crippen LogP contribution is 2.38. The fourth-order valence-electron chi connectivity index (χ4n) is 2.65. The van der Waals surface area contributed by atoms with E-state index in [0.29, 0.717) is 34.4 Å². The third-order valence-electron chi connectivity index (χ3n) is 3.99. The molecule has 0 unspecified atom stereocenters. The quantitative estimate of drug-likeness (QED) is 0.745. The molecular weight excluding hydrogens is 368 g/mol. The molecule has 1 heterocycles. The lowest BCUT2D eigenvalue weighted by Crippen LogP contribution is -2.32. The predicted octanol–water partition coefficient (Wildman–Crippen LogP) is 1.81. The number of rotatable bonds is 7. The summed E-state index contributed by atoms with van der Waals surface area (Å²) >= 11 is 0. The molecule has 0 aliphatic carbocycles. The summed E-state index contributed by atoms with van der Waals surface area (Å²) in [5, 5.41) is 5.24. The first-order chi connectivity index (χ1) is 13.5. The first-order valence-electron chi connectivity index (χ1n) is 8.33. The fourth-order valence-corrected chi connectivity index (χ4v) is 2.65. The van der Waals surface area contributed by atoms with Crippen molar-refractivity contribution >= 4 is 17.5 Å². The van der Waals surface area contributed by atoms with Gasteiger partial charge in [0, 0.05) is 17.3 Å². The zero-order chi connectivity index (χ0) is 20.1. The molecule has 0 aromatic heterocycles. The second-order valence-corrected chi connectivity index (χ2v) is 5.71. The summed E-state index contributed by atoms with van der Waals surface area (Å²) in [4.78, 5) is 24.5. The van der Waals surface area contributed by atoms with E-state index in [2.05, 4.69) is 10.6 Å². The minimum atomic E-state index is -0.458. The summed E-state index contributed by atoms with van der Waals surface area (Å²) in [6.07, 6.45) is 0. The van der Waals surface area contributed by atoms with E-state index in [-0.39, 0.29) is 24.8 Å². The maximum absolute atomic E-state index is 12.4. The molecule has 2 aromatic rings. The second-order valence-electron chi connectivity index (χ2n) is 5.71. The topological polar surface area (TPSA) is 104 Å². The molecule has 28 heavy (non-hydrogen) atoms. The van der Waals surface area contributed by atoms with Gasteiger partial charge < -0.3 is 34.3 Å². The molecular formula is C19H20N2O7. The van der Waals surface area contributed by atoms with Gasteiger partial charge in [-0.05, 0) is 24.3 Å². The number of ether oxygens (including phenoxy) is 5. The van der Waals surface area contributed by atoms with Gasteiger partial charge in [0.1, 0.15) is 0 Å². The largest absolute Gasteiger partial charge is 0.493 e. The maximum Gasteiger partial charge on any atom is 0.251 e. The standard InChI is InChI=1S/C19H20N2O7/c1-24-15-6-11(7-16(25-2)18(15)26-3)19(23)20-9-17(22)21-12-4-5-13-14(8-12)28-10-27-13/h4-8H,9-10H2,1-3H3,(H,20,23)(H,21,22). The van der Waals surface area contributed by atoms with Crippen LogP contribution in [0.5, 0.6) is 28.7 Å². The molecule has 0 atom stereocenters. The molecule has 0 saturated heterocycles. The molecule has 9 nitrogen and oxygen atoms in total. The highest BCUT2D eigenvalue weighted by molar-refractivity contribution is 6.00. The Morgan fingerprint density at radius 3 is 2.29 bits per heavy atom. The average Bonchev–Trinajstić information content (AvgIpc) is 3.18. The van der Waals surface area contributed by atoms with Gasteiger partial charge in [-0.15, -0.1) is 0 Å². The van der Waals surface area contributed by atoms with Crippen LogP contribution < -0.4 is 34.3 Å². The summed E-state index contributed by atoms with van der Waals surface area (Å²) in [5.74, 6) is 1.39. The van der Waals surface area contributed by atoms with E-state index >= 15 is 0 Å². The molecule has 9 heteroatoms.